The van der Waals surface area contributed by atoms with Gasteiger partial charge in [0.15, 0.2) is 5.83 Å². The van der Waals surface area contributed by atoms with Gasteiger partial charge in [-0.2, -0.15) is 0 Å². The molecule has 76 valence electrons. The number of likely N-dealkylation sites (N-methyl/N-ethyl adjacent to an activating group) is 1. The van der Waals surface area contributed by atoms with Crippen LogP contribution in [0.5, 0.6) is 0 Å². The van der Waals surface area contributed by atoms with Gasteiger partial charge in [-0.25, -0.2) is 4.39 Å². The van der Waals surface area contributed by atoms with Crippen molar-refractivity contribution < 1.29 is 4.39 Å². The van der Waals surface area contributed by atoms with Crippen LogP contribution in [0.25, 0.3) is 0 Å². The number of aliphatic imine (C=N–C) groups is 1. The summed E-state index contributed by atoms with van der Waals surface area (Å²) in [6.45, 7) is 8.77. The third-order valence-corrected chi connectivity index (χ3v) is 2.57. The van der Waals surface area contributed by atoms with Crippen LogP contribution in [0, 0.1) is 0 Å². The van der Waals surface area contributed by atoms with E-state index in [0.29, 0.717) is 17.0 Å². The van der Waals surface area contributed by atoms with Crippen molar-refractivity contribution in [2.45, 2.75) is 20.8 Å². The quantitative estimate of drug-likeness (QED) is 0.617. The minimum absolute atomic E-state index is 0.219. The Labute approximate surface area is 84.1 Å². The minimum Gasteiger partial charge on any atom is -0.346 e. The van der Waals surface area contributed by atoms with E-state index in [4.69, 9.17) is 0 Å². The largest absolute Gasteiger partial charge is 0.346 e. The number of rotatable bonds is 2. The summed E-state index contributed by atoms with van der Waals surface area (Å²) in [6, 6.07) is 0. The number of allylic oxidation sites excluding steroid dienone is 5. The molecule has 0 saturated heterocycles. The third kappa shape index (κ3) is 1.62. The fraction of sp³-hybridized carbons (Fsp3) is 0.364. The van der Waals surface area contributed by atoms with Crippen molar-refractivity contribution in [1.82, 2.24) is 4.90 Å². The Hall–Kier alpha value is -1.38. The van der Waals surface area contributed by atoms with E-state index >= 15 is 0 Å². The average Bonchev–Trinajstić information content (AvgIpc) is 2.21. The lowest BCUT2D eigenvalue weighted by Crippen LogP contribution is -2.24. The number of halogens is 1. The van der Waals surface area contributed by atoms with Crippen LogP contribution in [0.2, 0.25) is 0 Å². The van der Waals surface area contributed by atoms with E-state index in [2.05, 4.69) is 11.7 Å². The molecule has 1 rings (SSSR count). The van der Waals surface area contributed by atoms with E-state index in [1.807, 2.05) is 24.9 Å². The Morgan fingerprint density at radius 3 is 2.43 bits per heavy atom. The van der Waals surface area contributed by atoms with Gasteiger partial charge in [-0.05, 0) is 33.6 Å². The lowest BCUT2D eigenvalue weighted by molar-refractivity contribution is 0.456. The zero-order chi connectivity index (χ0) is 10.9. The second kappa shape index (κ2) is 3.78. The van der Waals surface area contributed by atoms with E-state index < -0.39 is 0 Å². The second-order valence-electron chi connectivity index (χ2n) is 3.41. The van der Waals surface area contributed by atoms with Crippen molar-refractivity contribution in [1.29, 1.82) is 0 Å². The molecule has 0 spiro atoms. The minimum atomic E-state index is -0.219. The topological polar surface area (TPSA) is 15.6 Å². The van der Waals surface area contributed by atoms with Crippen LogP contribution in [0.4, 0.5) is 4.39 Å². The van der Waals surface area contributed by atoms with E-state index in [1.165, 1.54) is 0 Å². The molecular formula is C11H15FN2. The van der Waals surface area contributed by atoms with Crippen LogP contribution in [0.15, 0.2) is 39.6 Å². The highest BCUT2D eigenvalue weighted by Crippen LogP contribution is 2.31. The predicted molar refractivity (Wildman–Crippen MR) is 57.6 cm³/mol. The first-order valence-corrected chi connectivity index (χ1v) is 4.45. The van der Waals surface area contributed by atoms with Gasteiger partial charge in [0.1, 0.15) is 0 Å². The molecule has 1 heterocycles. The summed E-state index contributed by atoms with van der Waals surface area (Å²) in [5.74, 6) is -0.219. The molecule has 0 aromatic rings. The molecule has 0 aromatic carbocycles. The first-order chi connectivity index (χ1) is 6.49. The van der Waals surface area contributed by atoms with Crippen molar-refractivity contribution in [3.05, 3.63) is 34.6 Å². The van der Waals surface area contributed by atoms with Crippen molar-refractivity contribution in [2.75, 3.05) is 7.05 Å². The van der Waals surface area contributed by atoms with Gasteiger partial charge in [0.25, 0.3) is 0 Å². The Morgan fingerprint density at radius 1 is 1.50 bits per heavy atom. The van der Waals surface area contributed by atoms with Gasteiger partial charge in [-0.1, -0.05) is 0 Å². The van der Waals surface area contributed by atoms with Crippen LogP contribution < -0.4 is 0 Å². The molecule has 14 heavy (non-hydrogen) atoms. The predicted octanol–water partition coefficient (Wildman–Crippen LogP) is 3.01. The molecule has 0 atom stereocenters. The molecule has 0 saturated carbocycles. The first-order valence-electron chi connectivity index (χ1n) is 4.45. The molecule has 0 bridgehead atoms. The molecule has 0 fully saturated rings. The first kappa shape index (κ1) is 10.7. The molecule has 0 radical (unpaired) electrons. The highest BCUT2D eigenvalue weighted by atomic mass is 19.1. The van der Waals surface area contributed by atoms with Gasteiger partial charge in [0.2, 0.25) is 0 Å². The molecule has 1 aliphatic rings. The summed E-state index contributed by atoms with van der Waals surface area (Å²) in [5, 5.41) is 0. The molecule has 0 amide bonds. The van der Waals surface area contributed by atoms with Crippen LogP contribution in [-0.4, -0.2) is 18.7 Å². The lowest BCUT2D eigenvalue weighted by atomic mass is 10.1. The van der Waals surface area contributed by atoms with Crippen LogP contribution in [0.1, 0.15) is 20.8 Å². The van der Waals surface area contributed by atoms with Gasteiger partial charge < -0.3 is 4.90 Å². The molecule has 1 aliphatic heterocycles. The Balaban J connectivity index is 3.09. The maximum absolute atomic E-state index is 13.8. The summed E-state index contributed by atoms with van der Waals surface area (Å²) in [4.78, 5) is 5.53. The van der Waals surface area contributed by atoms with Gasteiger partial charge in [-0.3, -0.25) is 4.99 Å². The normalized spacial score (nSPS) is 20.9. The SMILES string of the molecule is C=N/C(C)=C(C)\C(F)=C1\C=C(C)N1C. The summed E-state index contributed by atoms with van der Waals surface area (Å²) < 4.78 is 13.8. The molecule has 0 unspecified atom stereocenters. The van der Waals surface area contributed by atoms with Crippen LogP contribution >= 0.6 is 0 Å². The van der Waals surface area contributed by atoms with E-state index in [9.17, 15) is 4.39 Å². The maximum Gasteiger partial charge on any atom is 0.151 e. The number of hydrogen-bond acceptors (Lipinski definition) is 2. The highest BCUT2D eigenvalue weighted by Gasteiger charge is 2.20. The van der Waals surface area contributed by atoms with Gasteiger partial charge >= 0.3 is 0 Å². The zero-order valence-corrected chi connectivity index (χ0v) is 9.06. The summed E-state index contributed by atoms with van der Waals surface area (Å²) in [5.41, 5.74) is 2.85. The smallest absolute Gasteiger partial charge is 0.151 e. The van der Waals surface area contributed by atoms with E-state index in [1.54, 1.807) is 13.8 Å². The fourth-order valence-electron chi connectivity index (χ4n) is 1.20. The molecule has 0 aliphatic carbocycles. The van der Waals surface area contributed by atoms with Crippen molar-refractivity contribution in [3.8, 4) is 0 Å². The summed E-state index contributed by atoms with van der Waals surface area (Å²) >= 11 is 0. The van der Waals surface area contributed by atoms with Gasteiger partial charge in [0.05, 0.1) is 5.70 Å². The Kier molecular flexibility index (Phi) is 2.89. The maximum atomic E-state index is 13.8. The molecular weight excluding hydrogens is 179 g/mol. The third-order valence-electron chi connectivity index (χ3n) is 2.57. The molecule has 0 aromatic heterocycles. The van der Waals surface area contributed by atoms with Crippen LogP contribution in [-0.2, 0) is 0 Å². The van der Waals surface area contributed by atoms with E-state index in [-0.39, 0.29) is 5.83 Å². The van der Waals surface area contributed by atoms with Crippen molar-refractivity contribution >= 4 is 6.72 Å². The Morgan fingerprint density at radius 2 is 2.07 bits per heavy atom. The van der Waals surface area contributed by atoms with Crippen molar-refractivity contribution in [3.63, 3.8) is 0 Å². The van der Waals surface area contributed by atoms with E-state index in [0.717, 1.165) is 5.70 Å². The highest BCUT2D eigenvalue weighted by molar-refractivity contribution is 5.44. The number of hydrogen-bond donors (Lipinski definition) is 0. The fourth-order valence-corrected chi connectivity index (χ4v) is 1.20. The Bertz CT molecular complexity index is 361. The molecule has 0 N–H and O–H groups in total. The summed E-state index contributed by atoms with van der Waals surface area (Å²) in [6.07, 6.45) is 1.81. The summed E-state index contributed by atoms with van der Waals surface area (Å²) in [7, 11) is 1.84. The number of nitrogens with zero attached hydrogens (tertiary/aromatic N) is 2. The van der Waals surface area contributed by atoms with Crippen molar-refractivity contribution in [2.24, 2.45) is 4.99 Å². The molecule has 2 nitrogen and oxygen atoms in total. The van der Waals surface area contributed by atoms with Gasteiger partial charge in [-0.15, -0.1) is 0 Å². The van der Waals surface area contributed by atoms with Gasteiger partial charge in [0, 0.05) is 24.0 Å². The molecule has 3 heteroatoms. The second-order valence-corrected chi connectivity index (χ2v) is 3.41. The van der Waals surface area contributed by atoms with Crippen LogP contribution in [0.3, 0.4) is 0 Å². The monoisotopic (exact) mass is 194 g/mol. The lowest BCUT2D eigenvalue weighted by Gasteiger charge is -2.31. The standard InChI is InChI=1S/C11H15FN2/c1-7-6-10(14(7)5)11(12)8(2)9(3)13-4/h6H,4H2,1-3,5H3/b9-8-,11-10+. The zero-order valence-electron chi connectivity index (χ0n) is 9.06. The average molecular weight is 194 g/mol.